The van der Waals surface area contributed by atoms with E-state index >= 15 is 0 Å². The standard InChI is InChI=1S/C42H46O22/c1-16-28(49)32(53)35(56)40(57-16)64-39-34(55)30(51)25(15-44)61-42(39)63-37-31(52)27-22(47)12-21(13-23(27)59-36(37)18-5-9-20(46)10-6-18)58-41-38(33(54)29(50)24(14-43)60-41)62-26(48)11-4-17-2-7-19(45)8-3-17/h2-13,16,24-25,28-30,32-35,38-47,49-51,53-56H,14-15H2,1H3/b11-4+/t16-,24-,25+,28-,29+,30+,32+,33-,34-,35-,38+,39+,40-,41+,42-/m0/s1. The zero-order chi connectivity index (χ0) is 46.1. The van der Waals surface area contributed by atoms with E-state index in [1.54, 1.807) is 0 Å². The predicted octanol–water partition coefficient (Wildman–Crippen LogP) is -1.95. The second-order valence-corrected chi connectivity index (χ2v) is 15.2. The highest BCUT2D eigenvalue weighted by atomic mass is 16.8. The summed E-state index contributed by atoms with van der Waals surface area (Å²) in [6, 6.07) is 12.8. The van der Waals surface area contributed by atoms with Crippen LogP contribution in [-0.2, 0) is 28.5 Å². The van der Waals surface area contributed by atoms with E-state index < -0.39 is 145 Å². The first-order valence-corrected chi connectivity index (χ1v) is 19.7. The van der Waals surface area contributed by atoms with Gasteiger partial charge in [-0.15, -0.1) is 0 Å². The molecule has 0 saturated carbocycles. The normalized spacial score (nSPS) is 33.2. The Morgan fingerprint density at radius 1 is 0.672 bits per heavy atom. The number of aliphatic hydroxyl groups is 9. The van der Waals surface area contributed by atoms with Gasteiger partial charge in [-0.1, -0.05) is 12.1 Å². The number of aliphatic hydroxyl groups excluding tert-OH is 9. The van der Waals surface area contributed by atoms with Crippen molar-refractivity contribution in [3.63, 3.8) is 0 Å². The lowest BCUT2D eigenvalue weighted by Crippen LogP contribution is -2.64. The first-order valence-electron chi connectivity index (χ1n) is 19.7. The monoisotopic (exact) mass is 902 g/mol. The minimum Gasteiger partial charge on any atom is -0.508 e. The van der Waals surface area contributed by atoms with Gasteiger partial charge in [0.1, 0.15) is 88.9 Å². The maximum atomic E-state index is 14.5. The van der Waals surface area contributed by atoms with Gasteiger partial charge in [0, 0.05) is 23.8 Å². The van der Waals surface area contributed by atoms with Crippen molar-refractivity contribution in [1.29, 1.82) is 0 Å². The zero-order valence-electron chi connectivity index (χ0n) is 33.5. The minimum atomic E-state index is -1.98. The van der Waals surface area contributed by atoms with E-state index in [2.05, 4.69) is 0 Å². The lowest BCUT2D eigenvalue weighted by atomic mass is 9.97. The van der Waals surface area contributed by atoms with Gasteiger partial charge in [-0.3, -0.25) is 4.79 Å². The van der Waals surface area contributed by atoms with Gasteiger partial charge >= 0.3 is 5.97 Å². The fraction of sp³-hybridized carbons (Fsp3) is 0.429. The van der Waals surface area contributed by atoms with Gasteiger partial charge in [0.25, 0.3) is 0 Å². The third-order valence-electron chi connectivity index (χ3n) is 10.8. The van der Waals surface area contributed by atoms with E-state index in [1.807, 2.05) is 0 Å². The molecule has 0 amide bonds. The molecule has 0 spiro atoms. The number of fused-ring (bicyclic) bond motifs is 1. The number of hydrogen-bond donors (Lipinski definition) is 12. The molecule has 0 aliphatic carbocycles. The fourth-order valence-electron chi connectivity index (χ4n) is 7.26. The lowest BCUT2D eigenvalue weighted by molar-refractivity contribution is -0.354. The van der Waals surface area contributed by atoms with Crippen LogP contribution in [0.25, 0.3) is 28.4 Å². The average Bonchev–Trinajstić information content (AvgIpc) is 3.27. The van der Waals surface area contributed by atoms with Gasteiger partial charge < -0.3 is 98.9 Å². The summed E-state index contributed by atoms with van der Waals surface area (Å²) in [5.74, 6) is -3.51. The third-order valence-corrected chi connectivity index (χ3v) is 10.8. The molecular formula is C42H46O22. The van der Waals surface area contributed by atoms with Crippen LogP contribution in [0.2, 0.25) is 0 Å². The lowest BCUT2D eigenvalue weighted by Gasteiger charge is -2.45. The van der Waals surface area contributed by atoms with Gasteiger partial charge in [0.2, 0.25) is 23.8 Å². The van der Waals surface area contributed by atoms with Gasteiger partial charge in [0.15, 0.2) is 24.3 Å². The van der Waals surface area contributed by atoms with Crippen molar-refractivity contribution in [3.8, 4) is 40.1 Å². The number of ether oxygens (including phenoxy) is 7. The Morgan fingerprint density at radius 3 is 1.86 bits per heavy atom. The van der Waals surface area contributed by atoms with E-state index in [1.165, 1.54) is 61.5 Å². The molecule has 15 atom stereocenters. The molecule has 22 nitrogen and oxygen atoms in total. The van der Waals surface area contributed by atoms with Crippen LogP contribution in [-0.4, -0.2) is 173 Å². The van der Waals surface area contributed by atoms with Crippen LogP contribution >= 0.6 is 0 Å². The Labute approximate surface area is 361 Å². The van der Waals surface area contributed by atoms with Crippen molar-refractivity contribution < 1.29 is 104 Å². The van der Waals surface area contributed by atoms with Crippen LogP contribution in [0.1, 0.15) is 12.5 Å². The molecule has 3 aliphatic heterocycles. The quantitative estimate of drug-likeness (QED) is 0.0543. The summed E-state index contributed by atoms with van der Waals surface area (Å²) >= 11 is 0. The smallest absolute Gasteiger partial charge is 0.331 e. The van der Waals surface area contributed by atoms with E-state index in [0.717, 1.165) is 18.2 Å². The van der Waals surface area contributed by atoms with E-state index in [-0.39, 0.29) is 22.8 Å². The van der Waals surface area contributed by atoms with Crippen LogP contribution in [0, 0.1) is 0 Å². The molecule has 0 bridgehead atoms. The number of phenols is 3. The number of carbonyl (C=O) groups is 1. The second kappa shape index (κ2) is 19.3. The van der Waals surface area contributed by atoms with Crippen molar-refractivity contribution >= 4 is 23.0 Å². The third kappa shape index (κ3) is 9.50. The van der Waals surface area contributed by atoms with Crippen LogP contribution in [0.3, 0.4) is 0 Å². The molecule has 12 N–H and O–H groups in total. The first kappa shape index (κ1) is 46.5. The summed E-state index contributed by atoms with van der Waals surface area (Å²) < 4.78 is 46.1. The summed E-state index contributed by atoms with van der Waals surface area (Å²) in [7, 11) is 0. The maximum Gasteiger partial charge on any atom is 0.331 e. The fourth-order valence-corrected chi connectivity index (χ4v) is 7.26. The first-order chi connectivity index (χ1) is 30.5. The maximum absolute atomic E-state index is 14.5. The minimum absolute atomic E-state index is 0.0143. The topological polar surface area (TPSA) is 355 Å². The molecule has 0 unspecified atom stereocenters. The summed E-state index contributed by atoms with van der Waals surface area (Å²) in [6.45, 7) is -0.344. The van der Waals surface area contributed by atoms with Crippen LogP contribution in [0.4, 0.5) is 0 Å². The molecule has 1 aromatic heterocycles. The van der Waals surface area contributed by atoms with Crippen molar-refractivity contribution in [3.05, 3.63) is 82.5 Å². The molecule has 3 aromatic carbocycles. The van der Waals surface area contributed by atoms with Crippen LogP contribution in [0.15, 0.2) is 76.0 Å². The Bertz CT molecular complexity index is 2340. The van der Waals surface area contributed by atoms with Gasteiger partial charge in [0.05, 0.1) is 19.3 Å². The molecule has 4 aromatic rings. The zero-order valence-corrected chi connectivity index (χ0v) is 33.5. The highest BCUT2D eigenvalue weighted by Gasteiger charge is 2.52. The summed E-state index contributed by atoms with van der Waals surface area (Å²) in [6.07, 6.45) is -23.6. The Hall–Kier alpha value is -5.44. The van der Waals surface area contributed by atoms with Gasteiger partial charge in [-0.2, -0.15) is 0 Å². The number of phenolic OH excluding ortho intramolecular Hbond substituents is 3. The number of benzene rings is 3. The number of esters is 1. The summed E-state index contributed by atoms with van der Waals surface area (Å²) in [5, 5.41) is 125. The number of carbonyl (C=O) groups excluding carboxylic acids is 1. The predicted molar refractivity (Wildman–Crippen MR) is 212 cm³/mol. The van der Waals surface area contributed by atoms with Crippen LogP contribution in [0.5, 0.6) is 28.7 Å². The number of hydrogen-bond acceptors (Lipinski definition) is 22. The Balaban J connectivity index is 1.24. The Kier molecular flexibility index (Phi) is 14.1. The molecule has 0 radical (unpaired) electrons. The van der Waals surface area contributed by atoms with Crippen LogP contribution < -0.4 is 14.9 Å². The van der Waals surface area contributed by atoms with Crippen molar-refractivity contribution in [2.75, 3.05) is 13.2 Å². The largest absolute Gasteiger partial charge is 0.508 e. The second-order valence-electron chi connectivity index (χ2n) is 15.2. The van der Waals surface area contributed by atoms with E-state index in [4.69, 9.17) is 37.6 Å². The molecule has 3 aliphatic rings. The molecule has 7 rings (SSSR count). The molecule has 22 heteroatoms. The highest BCUT2D eigenvalue weighted by molar-refractivity contribution is 5.89. The SMILES string of the molecule is C[C@@H]1O[C@@H](O[C@H]2[C@H](Oc3c(-c4ccc(O)cc4)oc4cc(O[C@@H]5O[C@@H](CO)[C@@H](O)[C@H](O)[C@H]5OC(=O)/C=C/c5ccc(O)cc5)cc(O)c4c3=O)O[C@H](CO)[C@@H](O)[C@@H]2O)[C@@H](O)[C@H](O)[C@H]1O. The molecular weight excluding hydrogens is 856 g/mol. The van der Waals surface area contributed by atoms with E-state index in [0.29, 0.717) is 5.56 Å². The molecule has 4 heterocycles. The highest BCUT2D eigenvalue weighted by Crippen LogP contribution is 2.39. The van der Waals surface area contributed by atoms with Gasteiger partial charge in [-0.05, 0) is 55.0 Å². The van der Waals surface area contributed by atoms with Crippen molar-refractivity contribution in [2.45, 2.75) is 99.0 Å². The van der Waals surface area contributed by atoms with Gasteiger partial charge in [-0.25, -0.2) is 4.79 Å². The number of aromatic hydroxyl groups is 3. The Morgan fingerprint density at radius 2 is 1.25 bits per heavy atom. The average molecular weight is 903 g/mol. The number of rotatable bonds is 12. The molecule has 346 valence electrons. The molecule has 64 heavy (non-hydrogen) atoms. The molecule has 3 fully saturated rings. The summed E-state index contributed by atoms with van der Waals surface area (Å²) in [5.41, 5.74) is -0.934. The van der Waals surface area contributed by atoms with E-state index in [9.17, 15) is 70.9 Å². The molecule has 3 saturated heterocycles. The van der Waals surface area contributed by atoms with Crippen molar-refractivity contribution in [2.24, 2.45) is 0 Å². The summed E-state index contributed by atoms with van der Waals surface area (Å²) in [4.78, 5) is 27.4. The van der Waals surface area contributed by atoms with Crippen molar-refractivity contribution in [1.82, 2.24) is 0 Å².